The topological polar surface area (TPSA) is 70.9 Å². The van der Waals surface area contributed by atoms with E-state index in [2.05, 4.69) is 16.5 Å². The van der Waals surface area contributed by atoms with Gasteiger partial charge in [0, 0.05) is 53.8 Å². The Labute approximate surface area is 265 Å². The van der Waals surface area contributed by atoms with Gasteiger partial charge in [-0.05, 0) is 89.2 Å². The summed E-state index contributed by atoms with van der Waals surface area (Å²) in [6, 6.07) is 5.37. The van der Waals surface area contributed by atoms with Crippen LogP contribution in [0.25, 0.3) is 27.7 Å². The summed E-state index contributed by atoms with van der Waals surface area (Å²) in [4.78, 5) is 37.5. The maximum atomic E-state index is 15.2. The number of ether oxygens (including phenoxy) is 1. The number of amides is 1. The Morgan fingerprint density at radius 3 is 2.56 bits per heavy atom. The monoisotopic (exact) mass is 635 g/mol. The van der Waals surface area contributed by atoms with Gasteiger partial charge in [0.05, 0.1) is 10.7 Å². The van der Waals surface area contributed by atoms with Gasteiger partial charge in [0.1, 0.15) is 29.2 Å². The molecule has 0 bridgehead atoms. The molecule has 2 aromatic carbocycles. The van der Waals surface area contributed by atoms with Crippen molar-refractivity contribution in [3.63, 3.8) is 0 Å². The van der Waals surface area contributed by atoms with Crippen molar-refractivity contribution in [3.05, 3.63) is 70.3 Å². The predicted octanol–water partition coefficient (Wildman–Crippen LogP) is 6.06. The first-order chi connectivity index (χ1) is 21.6. The van der Waals surface area contributed by atoms with Crippen molar-refractivity contribution in [2.45, 2.75) is 64.1 Å². The third kappa shape index (κ3) is 5.31. The molecule has 3 aromatic rings. The summed E-state index contributed by atoms with van der Waals surface area (Å²) in [5, 5.41) is 0.763. The van der Waals surface area contributed by atoms with Crippen molar-refractivity contribution in [1.82, 2.24) is 19.4 Å². The van der Waals surface area contributed by atoms with E-state index >= 15 is 4.39 Å². The molecule has 1 saturated carbocycles. The number of rotatable bonds is 6. The van der Waals surface area contributed by atoms with E-state index < -0.39 is 17.3 Å². The molecule has 1 aliphatic carbocycles. The predicted molar refractivity (Wildman–Crippen MR) is 171 cm³/mol. The van der Waals surface area contributed by atoms with E-state index in [0.29, 0.717) is 47.8 Å². The number of aromatic nitrogens is 2. The highest BCUT2D eigenvalue weighted by molar-refractivity contribution is 6.35. The summed E-state index contributed by atoms with van der Waals surface area (Å²) in [5.41, 5.74) is 0.977. The molecule has 8 nitrogen and oxygen atoms in total. The van der Waals surface area contributed by atoms with Crippen LogP contribution in [0, 0.1) is 17.6 Å². The quantitative estimate of drug-likeness (QED) is 0.307. The molecule has 11 heteroatoms. The van der Waals surface area contributed by atoms with E-state index in [1.165, 1.54) is 31.1 Å². The average molecular weight is 636 g/mol. The SMILES string of the molecule is C=CC(=O)N1C[C@H](C)N(c2nc(=O)n3c4c(c(-c5ccc(F)cc5F)c(Cl)cc24)OC=C3CC2CCN(C3CC3)CC2)C[C@H]1C. The molecule has 236 valence electrons. The maximum Gasteiger partial charge on any atom is 0.354 e. The van der Waals surface area contributed by atoms with Crippen molar-refractivity contribution in [1.29, 1.82) is 0 Å². The van der Waals surface area contributed by atoms with Crippen LogP contribution in [-0.2, 0) is 4.79 Å². The first-order valence-electron chi connectivity index (χ1n) is 15.7. The first-order valence-corrected chi connectivity index (χ1v) is 16.1. The molecule has 4 aliphatic rings. The minimum absolute atomic E-state index is 0.0681. The Hall–Kier alpha value is -3.76. The Kier molecular flexibility index (Phi) is 7.68. The van der Waals surface area contributed by atoms with Gasteiger partial charge >= 0.3 is 5.69 Å². The van der Waals surface area contributed by atoms with Crippen molar-refractivity contribution in [2.75, 3.05) is 31.1 Å². The second-order valence-corrected chi connectivity index (χ2v) is 13.2. The van der Waals surface area contributed by atoms with E-state index in [9.17, 15) is 14.0 Å². The molecule has 3 aliphatic heterocycles. The van der Waals surface area contributed by atoms with Crippen LogP contribution in [0.2, 0.25) is 5.02 Å². The number of carbonyl (C=O) groups is 1. The summed E-state index contributed by atoms with van der Waals surface area (Å²) in [5.74, 6) is -0.639. The highest BCUT2D eigenvalue weighted by Crippen LogP contribution is 2.48. The smallest absolute Gasteiger partial charge is 0.354 e. The second-order valence-electron chi connectivity index (χ2n) is 12.8. The molecule has 0 spiro atoms. The fourth-order valence-electron chi connectivity index (χ4n) is 7.27. The molecule has 0 N–H and O–H groups in total. The van der Waals surface area contributed by atoms with Crippen LogP contribution in [0.3, 0.4) is 0 Å². The Bertz CT molecular complexity index is 1800. The Balaban J connectivity index is 1.35. The summed E-state index contributed by atoms with van der Waals surface area (Å²) in [6.45, 7) is 10.5. The first kappa shape index (κ1) is 29.9. The van der Waals surface area contributed by atoms with Gasteiger partial charge in [-0.2, -0.15) is 4.98 Å². The Morgan fingerprint density at radius 2 is 1.87 bits per heavy atom. The van der Waals surface area contributed by atoms with Gasteiger partial charge in [0.25, 0.3) is 0 Å². The summed E-state index contributed by atoms with van der Waals surface area (Å²) < 4.78 is 37.0. The lowest BCUT2D eigenvalue weighted by molar-refractivity contribution is -0.128. The van der Waals surface area contributed by atoms with Gasteiger partial charge in [-0.1, -0.05) is 18.2 Å². The number of halogens is 3. The molecule has 7 rings (SSSR count). The van der Waals surface area contributed by atoms with Gasteiger partial charge in [0.15, 0.2) is 5.75 Å². The number of nitrogens with zero attached hydrogens (tertiary/aromatic N) is 5. The lowest BCUT2D eigenvalue weighted by Crippen LogP contribution is -2.58. The van der Waals surface area contributed by atoms with Crippen molar-refractivity contribution < 1.29 is 18.3 Å². The molecule has 1 amide bonds. The molecule has 0 radical (unpaired) electrons. The van der Waals surface area contributed by atoms with Crippen molar-refractivity contribution in [2.24, 2.45) is 5.92 Å². The number of piperazine rings is 1. The zero-order chi connectivity index (χ0) is 31.6. The van der Waals surface area contributed by atoms with E-state index in [1.807, 2.05) is 18.7 Å². The zero-order valence-corrected chi connectivity index (χ0v) is 26.2. The molecule has 0 unspecified atom stereocenters. The molecule has 2 atom stereocenters. The minimum Gasteiger partial charge on any atom is -0.460 e. The average Bonchev–Trinajstić information content (AvgIpc) is 3.87. The van der Waals surface area contributed by atoms with Crippen LogP contribution < -0.4 is 15.3 Å². The van der Waals surface area contributed by atoms with Crippen molar-refractivity contribution >= 4 is 39.9 Å². The molecular weight excluding hydrogens is 600 g/mol. The minimum atomic E-state index is -0.790. The van der Waals surface area contributed by atoms with E-state index in [1.54, 1.807) is 21.8 Å². The van der Waals surface area contributed by atoms with Crippen LogP contribution in [0.15, 0.2) is 48.0 Å². The van der Waals surface area contributed by atoms with Crippen LogP contribution in [0.1, 0.15) is 46.0 Å². The fraction of sp³-hybridized carbons (Fsp3) is 0.441. The molecular formula is C34H36ClF2N5O3. The van der Waals surface area contributed by atoms with E-state index in [-0.39, 0.29) is 39.9 Å². The largest absolute Gasteiger partial charge is 0.460 e. The number of hydrogen-bond donors (Lipinski definition) is 0. The number of carbonyl (C=O) groups excluding carboxylic acids is 1. The standard InChI is InChI=1S/C34H36ClF2N5O3/c1-4-29(43)40-16-20(3)41(17-19(40)2)33-26-15-27(35)30(25-8-5-22(36)14-28(25)37)32-31(26)42(34(44)38-33)24(18-45-32)13-21-9-11-39(12-10-21)23-6-7-23/h4-5,8,14-15,18-21,23H,1,6-7,9-13,16-17H2,2-3H3/t19-,20+/m1/s1. The Morgan fingerprint density at radius 1 is 1.11 bits per heavy atom. The third-order valence-corrected chi connectivity index (χ3v) is 10.1. The van der Waals surface area contributed by atoms with E-state index in [4.69, 9.17) is 16.3 Å². The van der Waals surface area contributed by atoms with Crippen LogP contribution in [0.5, 0.6) is 5.75 Å². The number of benzene rings is 2. The maximum absolute atomic E-state index is 15.2. The van der Waals surface area contributed by atoms with Gasteiger partial charge in [-0.25, -0.2) is 13.6 Å². The number of hydrogen-bond acceptors (Lipinski definition) is 6. The van der Waals surface area contributed by atoms with E-state index in [0.717, 1.165) is 38.0 Å². The van der Waals surface area contributed by atoms with Gasteiger partial charge in [-0.15, -0.1) is 0 Å². The fourth-order valence-corrected chi connectivity index (χ4v) is 7.57. The molecule has 1 aromatic heterocycles. The van der Waals surface area contributed by atoms with Gasteiger partial charge in [0.2, 0.25) is 5.91 Å². The number of likely N-dealkylation sites (tertiary alicyclic amines) is 1. The highest BCUT2D eigenvalue weighted by atomic mass is 35.5. The number of piperidine rings is 1. The van der Waals surface area contributed by atoms with Crippen LogP contribution in [0.4, 0.5) is 14.6 Å². The molecule has 3 fully saturated rings. The molecule has 2 saturated heterocycles. The lowest BCUT2D eigenvalue weighted by Gasteiger charge is -2.44. The van der Waals surface area contributed by atoms with Crippen LogP contribution in [-0.4, -0.2) is 69.6 Å². The molecule has 45 heavy (non-hydrogen) atoms. The highest BCUT2D eigenvalue weighted by Gasteiger charge is 2.36. The summed E-state index contributed by atoms with van der Waals surface area (Å²) in [7, 11) is 0. The zero-order valence-electron chi connectivity index (χ0n) is 25.4. The lowest BCUT2D eigenvalue weighted by atomic mass is 9.91. The third-order valence-electron chi connectivity index (χ3n) is 9.79. The van der Waals surface area contributed by atoms with Crippen LogP contribution >= 0.6 is 11.6 Å². The number of anilines is 1. The van der Waals surface area contributed by atoms with Gasteiger partial charge in [-0.3, -0.25) is 9.36 Å². The number of allylic oxidation sites excluding steroid dienone is 1. The second kappa shape index (κ2) is 11.6. The van der Waals surface area contributed by atoms with Crippen molar-refractivity contribution in [3.8, 4) is 16.9 Å². The normalized spacial score (nSPS) is 22.4. The summed E-state index contributed by atoms with van der Waals surface area (Å²) >= 11 is 6.88. The van der Waals surface area contributed by atoms with Gasteiger partial charge < -0.3 is 19.4 Å². The molecule has 4 heterocycles. The summed E-state index contributed by atoms with van der Waals surface area (Å²) in [6.07, 6.45) is 8.11.